The molecule has 278 valence electrons. The van der Waals surface area contributed by atoms with Gasteiger partial charge in [-0.15, -0.1) is 0 Å². The molecule has 52 heavy (non-hydrogen) atoms. The highest BCUT2D eigenvalue weighted by molar-refractivity contribution is 5.76. The average molecular weight is 704 g/mol. The second-order valence-corrected chi connectivity index (χ2v) is 23.3. The summed E-state index contributed by atoms with van der Waals surface area (Å²) in [5, 5.41) is 22.4. The van der Waals surface area contributed by atoms with Crippen molar-refractivity contribution >= 4 is 11.7 Å². The van der Waals surface area contributed by atoms with Crippen LogP contribution in [0, 0.1) is 61.6 Å². The molecule has 0 amide bonds. The number of ether oxygens (including phenoxy) is 1. The van der Waals surface area contributed by atoms with E-state index in [4.69, 9.17) is 10.5 Å². The molecule has 0 spiro atoms. The maximum Gasteiger partial charge on any atom is 0.309 e. The van der Waals surface area contributed by atoms with Crippen LogP contribution < -0.4 is 10.5 Å². The van der Waals surface area contributed by atoms with Gasteiger partial charge in [-0.05, 0) is 206 Å². The number of benzene rings is 2. The Morgan fingerprint density at radius 3 is 1.71 bits per heavy atom. The second-order valence-electron chi connectivity index (χ2n) is 23.3. The Morgan fingerprint density at radius 1 is 0.654 bits per heavy atom. The van der Waals surface area contributed by atoms with Crippen LogP contribution in [0.3, 0.4) is 0 Å². The molecule has 0 aromatic heterocycles. The maximum atomic E-state index is 13.3. The van der Waals surface area contributed by atoms with Gasteiger partial charge in [0.1, 0.15) is 17.2 Å². The van der Waals surface area contributed by atoms with Crippen LogP contribution in [0.25, 0.3) is 0 Å². The summed E-state index contributed by atoms with van der Waals surface area (Å²) in [6.45, 7) is 10.1. The van der Waals surface area contributed by atoms with Gasteiger partial charge < -0.3 is 20.7 Å². The molecule has 0 heterocycles. The number of nitrogens with two attached hydrogens (primary N) is 1. The van der Waals surface area contributed by atoms with Crippen molar-refractivity contribution in [3.8, 4) is 17.2 Å². The molecule has 4 atom stereocenters. The molecule has 0 radical (unpaired) electrons. The summed E-state index contributed by atoms with van der Waals surface area (Å²) < 4.78 is 6.78. The molecule has 2 aromatic rings. The molecular formula is C47H61NO4. The third-order valence-electron chi connectivity index (χ3n) is 18.2. The SMILES string of the molecule is CC12CC3(C)CC(C(=O)O)(C1)CC(C14CC5(C)CC(C)(CC(c6ccc(Oc7ccc(N)c(O)c7C7C8CC9CC(C8)CC7C9)cc6)(C5)C1)C4)(C2)C3. The first-order valence-electron chi connectivity index (χ1n) is 21.1. The third-order valence-corrected chi connectivity index (χ3v) is 18.2. The number of carbonyl (C=O) groups is 1. The first kappa shape index (κ1) is 32.7. The Balaban J connectivity index is 0.942. The molecule has 12 aliphatic rings. The minimum atomic E-state index is -0.554. The number of nitrogen functional groups attached to an aromatic ring is 1. The van der Waals surface area contributed by atoms with E-state index in [1.807, 2.05) is 12.1 Å². The van der Waals surface area contributed by atoms with Crippen molar-refractivity contribution in [2.75, 3.05) is 5.73 Å². The summed E-state index contributed by atoms with van der Waals surface area (Å²) in [5.74, 6) is 4.62. The van der Waals surface area contributed by atoms with Crippen molar-refractivity contribution < 1.29 is 19.7 Å². The Bertz CT molecular complexity index is 1830. The standard InChI is InChI=1S/C47H61NO4/c1-40-16-41(2)19-44(18-40,26-46(22-40,23-41)47-24-42(3)17-43(4,25-47)21-45(20-42,27-47)39(50)51)32-5-7-33(8-6-32)52-35-10-9-34(48)38(49)37(35)36-30-12-28-11-29(14-30)15-31(36)13-28/h5-10,28-31,36,49H,11-27,48H2,1-4H3,(H,50,51). The largest absolute Gasteiger partial charge is 0.505 e. The molecule has 14 rings (SSSR count). The number of phenols is 1. The highest BCUT2D eigenvalue weighted by atomic mass is 16.5. The van der Waals surface area contributed by atoms with Crippen LogP contribution in [0.2, 0.25) is 0 Å². The van der Waals surface area contributed by atoms with Crippen LogP contribution in [0.5, 0.6) is 17.2 Å². The number of phenolic OH excluding ortho intramolecular Hbond substituents is 1. The third kappa shape index (κ3) is 4.32. The van der Waals surface area contributed by atoms with E-state index < -0.39 is 11.4 Å². The monoisotopic (exact) mass is 703 g/mol. The van der Waals surface area contributed by atoms with Crippen LogP contribution >= 0.6 is 0 Å². The molecule has 5 nitrogen and oxygen atoms in total. The van der Waals surface area contributed by atoms with Crippen molar-refractivity contribution in [3.05, 3.63) is 47.5 Å². The van der Waals surface area contributed by atoms with Crippen LogP contribution in [0.1, 0.15) is 154 Å². The van der Waals surface area contributed by atoms with Gasteiger partial charge in [-0.2, -0.15) is 0 Å². The van der Waals surface area contributed by atoms with Gasteiger partial charge >= 0.3 is 5.97 Å². The van der Waals surface area contributed by atoms with E-state index in [-0.39, 0.29) is 43.7 Å². The average Bonchev–Trinajstić information content (AvgIpc) is 3.00. The lowest BCUT2D eigenvalue weighted by molar-refractivity contribution is -0.286. The van der Waals surface area contributed by atoms with E-state index in [1.54, 1.807) is 0 Å². The lowest BCUT2D eigenvalue weighted by Gasteiger charge is -2.79. The van der Waals surface area contributed by atoms with E-state index in [0.29, 0.717) is 23.4 Å². The van der Waals surface area contributed by atoms with Gasteiger partial charge in [-0.1, -0.05) is 39.8 Å². The van der Waals surface area contributed by atoms with Crippen molar-refractivity contribution in [3.63, 3.8) is 0 Å². The van der Waals surface area contributed by atoms with Crippen LogP contribution in [-0.4, -0.2) is 16.2 Å². The van der Waals surface area contributed by atoms with Gasteiger partial charge in [-0.25, -0.2) is 0 Å². The Kier molecular flexibility index (Phi) is 6.13. The molecule has 4 unspecified atom stereocenters. The van der Waals surface area contributed by atoms with Gasteiger partial charge in [0, 0.05) is 5.56 Å². The number of aromatic hydroxyl groups is 1. The number of anilines is 1. The van der Waals surface area contributed by atoms with Gasteiger partial charge in [0.25, 0.3) is 0 Å². The maximum absolute atomic E-state index is 13.3. The zero-order chi connectivity index (χ0) is 35.9. The Morgan fingerprint density at radius 2 is 1.17 bits per heavy atom. The predicted octanol–water partition coefficient (Wildman–Crippen LogP) is 11.4. The summed E-state index contributed by atoms with van der Waals surface area (Å²) in [7, 11) is 0. The number of hydrogen-bond donors (Lipinski definition) is 3. The zero-order valence-corrected chi connectivity index (χ0v) is 32.2. The first-order chi connectivity index (χ1) is 24.5. The van der Waals surface area contributed by atoms with E-state index in [1.165, 1.54) is 95.5 Å². The molecule has 0 saturated heterocycles. The summed E-state index contributed by atoms with van der Waals surface area (Å²) in [6, 6.07) is 13.0. The van der Waals surface area contributed by atoms with E-state index in [0.717, 1.165) is 48.2 Å². The smallest absolute Gasteiger partial charge is 0.309 e. The van der Waals surface area contributed by atoms with Gasteiger partial charge in [0.15, 0.2) is 0 Å². The van der Waals surface area contributed by atoms with Gasteiger partial charge in [0.2, 0.25) is 0 Å². The van der Waals surface area contributed by atoms with E-state index >= 15 is 0 Å². The topological polar surface area (TPSA) is 92.8 Å². The lowest BCUT2D eigenvalue weighted by atomic mass is 9.25. The molecule has 12 bridgehead atoms. The normalized spacial score (nSPS) is 51.7. The molecule has 2 aromatic carbocycles. The van der Waals surface area contributed by atoms with Crippen molar-refractivity contribution in [1.29, 1.82) is 0 Å². The predicted molar refractivity (Wildman–Crippen MR) is 203 cm³/mol. The molecule has 5 heteroatoms. The van der Waals surface area contributed by atoms with Crippen molar-refractivity contribution in [2.24, 2.45) is 61.6 Å². The fourth-order valence-electron chi connectivity index (χ4n) is 19.5. The van der Waals surface area contributed by atoms with E-state index in [9.17, 15) is 15.0 Å². The summed E-state index contributed by atoms with van der Waals surface area (Å²) in [6.07, 6.45) is 20.3. The van der Waals surface area contributed by atoms with Gasteiger partial charge in [0.05, 0.1) is 11.1 Å². The number of hydrogen-bond acceptors (Lipinski definition) is 4. The fourth-order valence-corrected chi connectivity index (χ4v) is 19.5. The van der Waals surface area contributed by atoms with Crippen LogP contribution in [-0.2, 0) is 10.2 Å². The molecule has 4 N–H and O–H groups in total. The number of aliphatic carboxylic acids is 1. The molecule has 12 saturated carbocycles. The van der Waals surface area contributed by atoms with Crippen molar-refractivity contribution in [2.45, 2.75) is 148 Å². The minimum Gasteiger partial charge on any atom is -0.505 e. The van der Waals surface area contributed by atoms with Crippen LogP contribution in [0.4, 0.5) is 5.69 Å². The number of carboxylic acid groups (broad SMARTS) is 1. The highest BCUT2D eigenvalue weighted by Crippen LogP contribution is 2.85. The molecule has 0 aliphatic heterocycles. The summed E-state index contributed by atoms with van der Waals surface area (Å²) in [5.41, 5.74) is 9.88. The summed E-state index contributed by atoms with van der Waals surface area (Å²) in [4.78, 5) is 13.3. The molecule has 12 fully saturated rings. The second kappa shape index (κ2) is 9.75. The molecular weight excluding hydrogens is 643 g/mol. The summed E-state index contributed by atoms with van der Waals surface area (Å²) >= 11 is 0. The Hall–Kier alpha value is -2.69. The Labute approximate surface area is 310 Å². The zero-order valence-electron chi connectivity index (χ0n) is 32.2. The number of carboxylic acids is 1. The quantitative estimate of drug-likeness (QED) is 0.206. The van der Waals surface area contributed by atoms with Crippen LogP contribution in [0.15, 0.2) is 36.4 Å². The molecule has 12 aliphatic carbocycles. The van der Waals surface area contributed by atoms with Crippen molar-refractivity contribution in [1.82, 2.24) is 0 Å². The van der Waals surface area contributed by atoms with Gasteiger partial charge in [-0.3, -0.25) is 4.79 Å². The minimum absolute atomic E-state index is 0.101. The highest BCUT2D eigenvalue weighted by Gasteiger charge is 2.77. The van der Waals surface area contributed by atoms with E-state index in [2.05, 4.69) is 52.0 Å². The first-order valence-corrected chi connectivity index (χ1v) is 21.1. The fraction of sp³-hybridized carbons (Fsp3) is 0.723. The lowest BCUT2D eigenvalue weighted by Crippen LogP contribution is -2.71. The number of rotatable bonds is 6.